The number of furan rings is 1. The number of hydrogen-bond acceptors (Lipinski definition) is 4. The van der Waals surface area contributed by atoms with Crippen molar-refractivity contribution in [1.82, 2.24) is 4.98 Å². The second-order valence-electron chi connectivity index (χ2n) is 5.57. The summed E-state index contributed by atoms with van der Waals surface area (Å²) in [6.45, 7) is 1.96. The van der Waals surface area contributed by atoms with Crippen LogP contribution >= 0.6 is 0 Å². The molecule has 5 heteroatoms. The average molecular weight is 303 g/mol. The van der Waals surface area contributed by atoms with Crippen LogP contribution < -0.4 is 5.46 Å². The molecule has 0 aliphatic rings. The number of benzene rings is 2. The van der Waals surface area contributed by atoms with Gasteiger partial charge in [0.15, 0.2) is 0 Å². The van der Waals surface area contributed by atoms with Crippen LogP contribution in [0.3, 0.4) is 0 Å². The Balaban J connectivity index is 2.04. The highest BCUT2D eigenvalue weighted by Crippen LogP contribution is 2.35. The van der Waals surface area contributed by atoms with Crippen molar-refractivity contribution in [3.8, 4) is 11.3 Å². The van der Waals surface area contributed by atoms with Crippen LogP contribution in [0.2, 0.25) is 0 Å². The standard InChI is InChI=1S/C18H14BNO3/c1-11-4-2-6-15(20-11)13-5-3-7-16-18(13)14-9-8-12(19(21)22)10-17(14)23-16/h2-10,21-22H,1H3. The lowest BCUT2D eigenvalue weighted by atomic mass is 9.80. The normalized spacial score (nSPS) is 11.3. The smallest absolute Gasteiger partial charge is 0.456 e. The molecule has 0 aliphatic heterocycles. The number of pyridine rings is 1. The maximum atomic E-state index is 9.33. The van der Waals surface area contributed by atoms with Crippen LogP contribution in [0.5, 0.6) is 0 Å². The van der Waals surface area contributed by atoms with Gasteiger partial charge >= 0.3 is 7.12 Å². The molecule has 0 atom stereocenters. The average Bonchev–Trinajstić information content (AvgIpc) is 2.92. The molecule has 4 aromatic rings. The Bertz CT molecular complexity index is 1020. The minimum atomic E-state index is -1.51. The third-order valence-electron chi connectivity index (χ3n) is 3.98. The fourth-order valence-electron chi connectivity index (χ4n) is 2.91. The van der Waals surface area contributed by atoms with E-state index in [1.54, 1.807) is 12.1 Å². The highest BCUT2D eigenvalue weighted by atomic mass is 16.4. The first kappa shape index (κ1) is 14.0. The van der Waals surface area contributed by atoms with Crippen LogP contribution in [-0.4, -0.2) is 22.2 Å². The Morgan fingerprint density at radius 3 is 2.57 bits per heavy atom. The molecule has 0 saturated carbocycles. The monoisotopic (exact) mass is 303 g/mol. The van der Waals surface area contributed by atoms with E-state index < -0.39 is 7.12 Å². The van der Waals surface area contributed by atoms with E-state index in [4.69, 9.17) is 4.42 Å². The molecule has 0 radical (unpaired) electrons. The van der Waals surface area contributed by atoms with E-state index in [2.05, 4.69) is 4.98 Å². The van der Waals surface area contributed by atoms with Gasteiger partial charge in [0.25, 0.3) is 0 Å². The van der Waals surface area contributed by atoms with Gasteiger partial charge in [-0.25, -0.2) is 0 Å². The first-order valence-corrected chi connectivity index (χ1v) is 7.39. The Kier molecular flexibility index (Phi) is 3.18. The first-order valence-electron chi connectivity index (χ1n) is 7.39. The SMILES string of the molecule is Cc1cccc(-c2cccc3oc4cc(B(O)O)ccc4c23)n1. The molecule has 0 unspecified atom stereocenters. The van der Waals surface area contributed by atoms with Crippen molar-refractivity contribution in [2.75, 3.05) is 0 Å². The summed E-state index contributed by atoms with van der Waals surface area (Å²) in [6.07, 6.45) is 0. The number of rotatable bonds is 2. The van der Waals surface area contributed by atoms with Crippen molar-refractivity contribution in [2.45, 2.75) is 6.92 Å². The Morgan fingerprint density at radius 2 is 1.78 bits per heavy atom. The Labute approximate surface area is 133 Å². The number of aryl methyl sites for hydroxylation is 1. The molecule has 4 rings (SSSR count). The van der Waals surface area contributed by atoms with E-state index in [1.807, 2.05) is 49.4 Å². The zero-order chi connectivity index (χ0) is 16.0. The second kappa shape index (κ2) is 5.23. The Hall–Kier alpha value is -2.63. The second-order valence-corrected chi connectivity index (χ2v) is 5.57. The van der Waals surface area contributed by atoms with Crippen LogP contribution in [0.25, 0.3) is 33.2 Å². The minimum absolute atomic E-state index is 0.409. The summed E-state index contributed by atoms with van der Waals surface area (Å²) in [5.41, 5.74) is 4.65. The van der Waals surface area contributed by atoms with Gasteiger partial charge in [-0.15, -0.1) is 0 Å². The predicted octanol–water partition coefficient (Wildman–Crippen LogP) is 2.64. The highest BCUT2D eigenvalue weighted by molar-refractivity contribution is 6.58. The number of nitrogens with zero attached hydrogens (tertiary/aromatic N) is 1. The molecule has 0 bridgehead atoms. The van der Waals surface area contributed by atoms with Crippen molar-refractivity contribution in [1.29, 1.82) is 0 Å². The van der Waals surface area contributed by atoms with Gasteiger partial charge in [0, 0.05) is 22.0 Å². The summed E-state index contributed by atoms with van der Waals surface area (Å²) >= 11 is 0. The fraction of sp³-hybridized carbons (Fsp3) is 0.0556. The number of aromatic nitrogens is 1. The van der Waals surface area contributed by atoms with Gasteiger partial charge in [0.1, 0.15) is 11.2 Å². The van der Waals surface area contributed by atoms with Crippen molar-refractivity contribution < 1.29 is 14.5 Å². The van der Waals surface area contributed by atoms with Crippen LogP contribution in [-0.2, 0) is 0 Å². The largest absolute Gasteiger partial charge is 0.488 e. The van der Waals surface area contributed by atoms with Gasteiger partial charge in [-0.1, -0.05) is 30.3 Å². The summed E-state index contributed by atoms with van der Waals surface area (Å²) in [6, 6.07) is 17.0. The van der Waals surface area contributed by atoms with E-state index in [0.29, 0.717) is 11.0 Å². The van der Waals surface area contributed by atoms with Crippen LogP contribution in [0.4, 0.5) is 0 Å². The lowest BCUT2D eigenvalue weighted by molar-refractivity contribution is 0.425. The zero-order valence-electron chi connectivity index (χ0n) is 12.5. The maximum absolute atomic E-state index is 9.33. The van der Waals surface area contributed by atoms with Gasteiger partial charge in [0.2, 0.25) is 0 Å². The van der Waals surface area contributed by atoms with Crippen molar-refractivity contribution in [2.24, 2.45) is 0 Å². The zero-order valence-corrected chi connectivity index (χ0v) is 12.5. The molecule has 2 aromatic heterocycles. The maximum Gasteiger partial charge on any atom is 0.488 e. The quantitative estimate of drug-likeness (QED) is 0.559. The molecule has 2 heterocycles. The molecular weight excluding hydrogens is 289 g/mol. The predicted molar refractivity (Wildman–Crippen MR) is 91.5 cm³/mol. The van der Waals surface area contributed by atoms with E-state index >= 15 is 0 Å². The van der Waals surface area contributed by atoms with Crippen LogP contribution in [0.15, 0.2) is 59.0 Å². The molecule has 0 amide bonds. The molecule has 0 fully saturated rings. The van der Waals surface area contributed by atoms with Crippen molar-refractivity contribution in [3.05, 3.63) is 60.3 Å². The number of hydrogen-bond donors (Lipinski definition) is 2. The van der Waals surface area contributed by atoms with Crippen molar-refractivity contribution in [3.63, 3.8) is 0 Å². The summed E-state index contributed by atoms with van der Waals surface area (Å²) in [5, 5.41) is 20.6. The summed E-state index contributed by atoms with van der Waals surface area (Å²) in [7, 11) is -1.51. The van der Waals surface area contributed by atoms with Gasteiger partial charge in [0.05, 0.1) is 5.69 Å². The fourth-order valence-corrected chi connectivity index (χ4v) is 2.91. The molecule has 112 valence electrons. The highest BCUT2D eigenvalue weighted by Gasteiger charge is 2.16. The third-order valence-corrected chi connectivity index (χ3v) is 3.98. The summed E-state index contributed by atoms with van der Waals surface area (Å²) in [5.74, 6) is 0. The topological polar surface area (TPSA) is 66.5 Å². The van der Waals surface area contributed by atoms with Crippen LogP contribution in [0, 0.1) is 6.92 Å². The summed E-state index contributed by atoms with van der Waals surface area (Å²) < 4.78 is 5.89. The molecule has 23 heavy (non-hydrogen) atoms. The van der Waals surface area contributed by atoms with E-state index in [1.165, 1.54) is 0 Å². The third kappa shape index (κ3) is 2.30. The van der Waals surface area contributed by atoms with Crippen molar-refractivity contribution >= 4 is 34.5 Å². The lowest BCUT2D eigenvalue weighted by Crippen LogP contribution is -2.29. The first-order chi connectivity index (χ1) is 11.1. The molecule has 0 spiro atoms. The number of fused-ring (bicyclic) bond motifs is 3. The van der Waals surface area contributed by atoms with E-state index in [9.17, 15) is 10.0 Å². The van der Waals surface area contributed by atoms with Gasteiger partial charge in [-0.05, 0) is 36.7 Å². The minimum Gasteiger partial charge on any atom is -0.456 e. The summed E-state index contributed by atoms with van der Waals surface area (Å²) in [4.78, 5) is 4.60. The molecular formula is C18H14BNO3. The van der Waals surface area contributed by atoms with Crippen LogP contribution in [0.1, 0.15) is 5.69 Å². The van der Waals surface area contributed by atoms with E-state index in [0.717, 1.165) is 33.3 Å². The lowest BCUT2D eigenvalue weighted by Gasteiger charge is -2.04. The van der Waals surface area contributed by atoms with E-state index in [-0.39, 0.29) is 0 Å². The molecule has 0 saturated heterocycles. The molecule has 2 N–H and O–H groups in total. The van der Waals surface area contributed by atoms with Gasteiger partial charge in [-0.3, -0.25) is 4.98 Å². The molecule has 2 aromatic carbocycles. The molecule has 0 aliphatic carbocycles. The van der Waals surface area contributed by atoms with Gasteiger partial charge < -0.3 is 14.5 Å². The molecule has 4 nitrogen and oxygen atoms in total. The van der Waals surface area contributed by atoms with Gasteiger partial charge in [-0.2, -0.15) is 0 Å². The Morgan fingerprint density at radius 1 is 0.957 bits per heavy atom.